The number of hydrogen-bond acceptors (Lipinski definition) is 5. The van der Waals surface area contributed by atoms with Crippen LogP contribution < -0.4 is 18.9 Å². The number of ketones is 1. The van der Waals surface area contributed by atoms with E-state index in [9.17, 15) is 4.79 Å². The summed E-state index contributed by atoms with van der Waals surface area (Å²) < 4.78 is 24.1. The predicted octanol–water partition coefficient (Wildman–Crippen LogP) is 10.1. The van der Waals surface area contributed by atoms with Crippen molar-refractivity contribution < 1.29 is 23.7 Å². The smallest absolute Gasteiger partial charge is 0.193 e. The van der Waals surface area contributed by atoms with E-state index >= 15 is 0 Å². The van der Waals surface area contributed by atoms with Crippen molar-refractivity contribution in [1.29, 1.82) is 0 Å². The Morgan fingerprint density at radius 3 is 0.881 bits per heavy atom. The maximum atomic E-state index is 13.2. The molecule has 0 bridgehead atoms. The molecular formula is C37H26O5. The molecule has 0 saturated heterocycles. The van der Waals surface area contributed by atoms with Crippen LogP contribution in [0.5, 0.6) is 46.0 Å². The highest BCUT2D eigenvalue weighted by Crippen LogP contribution is 2.36. The van der Waals surface area contributed by atoms with Crippen molar-refractivity contribution in [3.63, 3.8) is 0 Å². The third kappa shape index (κ3) is 6.49. The monoisotopic (exact) mass is 550 g/mol. The minimum atomic E-state index is -0.103. The SMILES string of the molecule is O=C(c1ccc(Oc2ccccc2Oc2ccccc2)cc1)c1ccc(Oc2ccccc2Oc2ccccc2)cc1. The molecule has 0 aliphatic carbocycles. The van der Waals surface area contributed by atoms with Crippen molar-refractivity contribution in [2.75, 3.05) is 0 Å². The van der Waals surface area contributed by atoms with Crippen LogP contribution in [0.25, 0.3) is 0 Å². The molecule has 204 valence electrons. The number of ether oxygens (including phenoxy) is 4. The van der Waals surface area contributed by atoms with Crippen LogP contribution in [0.3, 0.4) is 0 Å². The maximum absolute atomic E-state index is 13.2. The molecule has 0 fully saturated rings. The first-order valence-electron chi connectivity index (χ1n) is 13.5. The Labute approximate surface area is 244 Å². The maximum Gasteiger partial charge on any atom is 0.193 e. The molecule has 0 radical (unpaired) electrons. The number of hydrogen-bond donors (Lipinski definition) is 0. The van der Waals surface area contributed by atoms with Gasteiger partial charge >= 0.3 is 0 Å². The van der Waals surface area contributed by atoms with Crippen LogP contribution in [0.4, 0.5) is 0 Å². The average Bonchev–Trinajstić information content (AvgIpc) is 3.04. The van der Waals surface area contributed by atoms with Crippen molar-refractivity contribution in [3.05, 3.63) is 169 Å². The van der Waals surface area contributed by atoms with E-state index in [1.54, 1.807) is 48.5 Å². The second-order valence-electron chi connectivity index (χ2n) is 9.31. The zero-order valence-electron chi connectivity index (χ0n) is 22.6. The lowest BCUT2D eigenvalue weighted by molar-refractivity contribution is 0.103. The molecule has 0 atom stereocenters. The molecule has 6 aromatic rings. The van der Waals surface area contributed by atoms with Gasteiger partial charge in [-0.3, -0.25) is 4.79 Å². The fourth-order valence-electron chi connectivity index (χ4n) is 4.24. The van der Waals surface area contributed by atoms with E-state index in [4.69, 9.17) is 18.9 Å². The topological polar surface area (TPSA) is 54.0 Å². The number of carbonyl (C=O) groups is 1. The molecule has 0 spiro atoms. The third-order valence-electron chi connectivity index (χ3n) is 6.33. The van der Waals surface area contributed by atoms with Gasteiger partial charge in [-0.1, -0.05) is 60.7 Å². The van der Waals surface area contributed by atoms with E-state index in [1.807, 2.05) is 109 Å². The summed E-state index contributed by atoms with van der Waals surface area (Å²) in [4.78, 5) is 13.2. The molecule has 6 aromatic carbocycles. The quantitative estimate of drug-likeness (QED) is 0.159. The zero-order chi connectivity index (χ0) is 28.6. The van der Waals surface area contributed by atoms with Crippen LogP contribution in [0.1, 0.15) is 15.9 Å². The van der Waals surface area contributed by atoms with Gasteiger partial charge < -0.3 is 18.9 Å². The lowest BCUT2D eigenvalue weighted by atomic mass is 10.0. The van der Waals surface area contributed by atoms with Crippen molar-refractivity contribution in [3.8, 4) is 46.0 Å². The van der Waals surface area contributed by atoms with Crippen molar-refractivity contribution in [2.24, 2.45) is 0 Å². The molecule has 0 unspecified atom stereocenters. The van der Waals surface area contributed by atoms with Gasteiger partial charge in [0.15, 0.2) is 28.8 Å². The Balaban J connectivity index is 1.11. The molecule has 0 N–H and O–H groups in total. The standard InChI is InChI=1S/C37H26O5/c38-37(27-19-23-31(24-20-27)41-35-17-9-7-15-33(35)39-29-11-3-1-4-12-29)28-21-25-32(26-22-28)42-36-18-10-8-16-34(36)40-30-13-5-2-6-14-30/h1-26H. The van der Waals surface area contributed by atoms with Crippen LogP contribution in [-0.4, -0.2) is 5.78 Å². The molecule has 42 heavy (non-hydrogen) atoms. The minimum Gasteiger partial charge on any atom is -0.453 e. The van der Waals surface area contributed by atoms with Crippen LogP contribution in [0, 0.1) is 0 Å². The van der Waals surface area contributed by atoms with Crippen LogP contribution in [-0.2, 0) is 0 Å². The Morgan fingerprint density at radius 1 is 0.310 bits per heavy atom. The number of carbonyl (C=O) groups excluding carboxylic acids is 1. The predicted molar refractivity (Wildman–Crippen MR) is 162 cm³/mol. The zero-order valence-corrected chi connectivity index (χ0v) is 22.6. The van der Waals surface area contributed by atoms with E-state index < -0.39 is 0 Å². The van der Waals surface area contributed by atoms with Gasteiger partial charge in [-0.15, -0.1) is 0 Å². The van der Waals surface area contributed by atoms with Crippen molar-refractivity contribution in [1.82, 2.24) is 0 Å². The summed E-state index contributed by atoms with van der Waals surface area (Å²) in [6.45, 7) is 0. The lowest BCUT2D eigenvalue weighted by Crippen LogP contribution is -2.01. The van der Waals surface area contributed by atoms with E-state index in [0.29, 0.717) is 45.6 Å². The Morgan fingerprint density at radius 2 is 0.571 bits per heavy atom. The van der Waals surface area contributed by atoms with Crippen molar-refractivity contribution >= 4 is 5.78 Å². The second kappa shape index (κ2) is 12.6. The Kier molecular flexibility index (Phi) is 7.91. The molecule has 0 saturated carbocycles. The lowest BCUT2D eigenvalue weighted by Gasteiger charge is -2.13. The van der Waals surface area contributed by atoms with Gasteiger partial charge in [-0.2, -0.15) is 0 Å². The number of rotatable bonds is 10. The molecule has 0 amide bonds. The first kappa shape index (κ1) is 26.4. The molecule has 6 rings (SSSR count). The van der Waals surface area contributed by atoms with Gasteiger partial charge in [-0.25, -0.2) is 0 Å². The average molecular weight is 551 g/mol. The summed E-state index contributed by atoms with van der Waals surface area (Å²) >= 11 is 0. The first-order valence-corrected chi connectivity index (χ1v) is 13.5. The van der Waals surface area contributed by atoms with Gasteiger partial charge in [0.1, 0.15) is 23.0 Å². The van der Waals surface area contributed by atoms with Gasteiger partial charge in [0.2, 0.25) is 0 Å². The summed E-state index contributed by atoms with van der Waals surface area (Å²) in [6.07, 6.45) is 0. The summed E-state index contributed by atoms with van der Waals surface area (Å²) in [6, 6.07) is 48.1. The van der Waals surface area contributed by atoms with Crippen LogP contribution in [0.2, 0.25) is 0 Å². The fourth-order valence-corrected chi connectivity index (χ4v) is 4.24. The van der Waals surface area contributed by atoms with E-state index in [-0.39, 0.29) is 5.78 Å². The van der Waals surface area contributed by atoms with Crippen LogP contribution >= 0.6 is 0 Å². The number of para-hydroxylation sites is 6. The van der Waals surface area contributed by atoms with E-state index in [1.165, 1.54) is 0 Å². The molecule has 5 nitrogen and oxygen atoms in total. The highest BCUT2D eigenvalue weighted by atomic mass is 16.5. The number of benzene rings is 6. The molecule has 0 heterocycles. The molecule has 0 aliphatic rings. The van der Waals surface area contributed by atoms with E-state index in [0.717, 1.165) is 11.5 Å². The molecule has 0 aliphatic heterocycles. The van der Waals surface area contributed by atoms with Gasteiger partial charge in [0, 0.05) is 11.1 Å². The molecule has 5 heteroatoms. The fraction of sp³-hybridized carbons (Fsp3) is 0. The van der Waals surface area contributed by atoms with Crippen molar-refractivity contribution in [2.45, 2.75) is 0 Å². The molecule has 0 aromatic heterocycles. The van der Waals surface area contributed by atoms with Gasteiger partial charge in [-0.05, 0) is 97.1 Å². The summed E-state index contributed by atoms with van der Waals surface area (Å²) in [5, 5.41) is 0. The molecular weight excluding hydrogens is 524 g/mol. The minimum absolute atomic E-state index is 0.103. The summed E-state index contributed by atoms with van der Waals surface area (Å²) in [7, 11) is 0. The van der Waals surface area contributed by atoms with Gasteiger partial charge in [0.25, 0.3) is 0 Å². The highest BCUT2D eigenvalue weighted by molar-refractivity contribution is 6.09. The third-order valence-corrected chi connectivity index (χ3v) is 6.33. The Bertz CT molecular complexity index is 1630. The summed E-state index contributed by atoms with van der Waals surface area (Å²) in [5.74, 6) is 4.87. The largest absolute Gasteiger partial charge is 0.453 e. The first-order chi connectivity index (χ1) is 20.7. The van der Waals surface area contributed by atoms with Crippen LogP contribution in [0.15, 0.2) is 158 Å². The summed E-state index contributed by atoms with van der Waals surface area (Å²) in [5.41, 5.74) is 1.10. The Hall–Kier alpha value is -5.81. The highest BCUT2D eigenvalue weighted by Gasteiger charge is 2.12. The second-order valence-corrected chi connectivity index (χ2v) is 9.31. The van der Waals surface area contributed by atoms with Gasteiger partial charge in [0.05, 0.1) is 0 Å². The van der Waals surface area contributed by atoms with E-state index in [2.05, 4.69) is 0 Å². The normalized spacial score (nSPS) is 10.5.